The molecule has 0 atom stereocenters. The monoisotopic (exact) mass is 357 g/mol. The van der Waals surface area contributed by atoms with Crippen molar-refractivity contribution in [2.24, 2.45) is 0 Å². The van der Waals surface area contributed by atoms with E-state index in [1.165, 1.54) is 47.2 Å². The fourth-order valence-corrected chi connectivity index (χ4v) is 4.41. The topological polar surface area (TPSA) is 39.9 Å². The summed E-state index contributed by atoms with van der Waals surface area (Å²) in [5.41, 5.74) is 8.73. The third-order valence-electron chi connectivity index (χ3n) is 5.94. The van der Waals surface area contributed by atoms with E-state index in [0.29, 0.717) is 0 Å². The van der Waals surface area contributed by atoms with E-state index in [2.05, 4.69) is 36.1 Å². The van der Waals surface area contributed by atoms with Crippen LogP contribution in [-0.2, 0) is 12.8 Å². The molecule has 1 fully saturated rings. The fraction of sp³-hybridized carbons (Fsp3) is 0.417. The van der Waals surface area contributed by atoms with Crippen LogP contribution >= 0.6 is 0 Å². The third kappa shape index (κ3) is 3.68. The number of hydrogen-bond donors (Lipinski definition) is 0. The number of fused-ring (bicyclic) bond motifs is 2. The van der Waals surface area contributed by atoms with E-state index < -0.39 is 0 Å². The molecule has 0 spiro atoms. The molecular formula is C24H27N3. The predicted molar refractivity (Wildman–Crippen MR) is 109 cm³/mol. The molecule has 3 heteroatoms. The van der Waals surface area contributed by atoms with E-state index in [1.807, 2.05) is 18.3 Å². The highest BCUT2D eigenvalue weighted by atomic mass is 15.1. The highest BCUT2D eigenvalue weighted by molar-refractivity contribution is 5.84. The first kappa shape index (κ1) is 17.9. The summed E-state index contributed by atoms with van der Waals surface area (Å²) < 4.78 is 0. The van der Waals surface area contributed by atoms with Crippen molar-refractivity contribution < 1.29 is 0 Å². The molecule has 0 N–H and O–H groups in total. The molecule has 1 aliphatic carbocycles. The van der Waals surface area contributed by atoms with Crippen LogP contribution in [0.2, 0.25) is 0 Å². The zero-order valence-corrected chi connectivity index (χ0v) is 16.2. The normalized spacial score (nSPS) is 17.0. The number of hydrogen-bond acceptors (Lipinski definition) is 3. The van der Waals surface area contributed by atoms with E-state index in [-0.39, 0.29) is 0 Å². The molecule has 27 heavy (non-hydrogen) atoms. The molecule has 1 aromatic heterocycles. The van der Waals surface area contributed by atoms with Crippen LogP contribution in [0, 0.1) is 11.3 Å². The quantitative estimate of drug-likeness (QED) is 0.796. The highest BCUT2D eigenvalue weighted by Gasteiger charge is 2.24. The number of nitriles is 1. The molecule has 0 amide bonds. The number of unbranched alkanes of at least 4 members (excludes halogenated alkanes) is 1. The Morgan fingerprint density at radius 1 is 1.07 bits per heavy atom. The summed E-state index contributed by atoms with van der Waals surface area (Å²) in [5.74, 6) is 0. The van der Waals surface area contributed by atoms with Crippen LogP contribution in [0.1, 0.15) is 60.6 Å². The van der Waals surface area contributed by atoms with Gasteiger partial charge < -0.3 is 4.90 Å². The lowest BCUT2D eigenvalue weighted by molar-refractivity contribution is 0.253. The van der Waals surface area contributed by atoms with E-state index in [0.717, 1.165) is 50.0 Å². The Balaban J connectivity index is 1.76. The van der Waals surface area contributed by atoms with Crippen molar-refractivity contribution in [1.29, 1.82) is 5.26 Å². The van der Waals surface area contributed by atoms with Crippen LogP contribution in [0.15, 0.2) is 42.1 Å². The maximum atomic E-state index is 9.32. The van der Waals surface area contributed by atoms with E-state index >= 15 is 0 Å². The zero-order valence-electron chi connectivity index (χ0n) is 16.2. The van der Waals surface area contributed by atoms with Gasteiger partial charge in [-0.05, 0) is 73.5 Å². The number of benzene rings is 1. The summed E-state index contributed by atoms with van der Waals surface area (Å²) >= 11 is 0. The Hall–Kier alpha value is -2.44. The molecule has 1 aromatic carbocycles. The van der Waals surface area contributed by atoms with Crippen LogP contribution in [0.3, 0.4) is 0 Å². The van der Waals surface area contributed by atoms with Gasteiger partial charge in [0.2, 0.25) is 0 Å². The molecule has 2 aromatic rings. The minimum atomic E-state index is 0.756. The van der Waals surface area contributed by atoms with Gasteiger partial charge in [-0.2, -0.15) is 5.26 Å². The Labute approximate surface area is 162 Å². The van der Waals surface area contributed by atoms with Crippen LogP contribution in [0.4, 0.5) is 0 Å². The summed E-state index contributed by atoms with van der Waals surface area (Å²) in [6, 6.07) is 12.8. The van der Waals surface area contributed by atoms with Crippen molar-refractivity contribution in [3.05, 3.63) is 70.0 Å². The van der Waals surface area contributed by atoms with Gasteiger partial charge in [0.05, 0.1) is 17.3 Å². The molecule has 2 aliphatic rings. The minimum Gasteiger partial charge on any atom is -0.303 e. The Bertz CT molecular complexity index is 894. The number of likely N-dealkylation sites (tertiary alicyclic amines) is 1. The lowest BCUT2D eigenvalue weighted by Crippen LogP contribution is -2.32. The zero-order chi connectivity index (χ0) is 18.6. The third-order valence-corrected chi connectivity index (χ3v) is 5.94. The van der Waals surface area contributed by atoms with Crippen LogP contribution in [-0.4, -0.2) is 29.5 Å². The lowest BCUT2D eigenvalue weighted by atomic mass is 9.88. The van der Waals surface area contributed by atoms with Gasteiger partial charge in [-0.1, -0.05) is 31.1 Å². The van der Waals surface area contributed by atoms with Crippen molar-refractivity contribution in [2.45, 2.75) is 45.4 Å². The van der Waals surface area contributed by atoms with Crippen molar-refractivity contribution >= 4 is 5.57 Å². The Kier molecular flexibility index (Phi) is 5.36. The van der Waals surface area contributed by atoms with E-state index in [9.17, 15) is 5.26 Å². The van der Waals surface area contributed by atoms with E-state index in [1.54, 1.807) is 0 Å². The van der Waals surface area contributed by atoms with Crippen molar-refractivity contribution in [3.63, 3.8) is 0 Å². The molecule has 2 heterocycles. The van der Waals surface area contributed by atoms with Gasteiger partial charge in [0.1, 0.15) is 0 Å². The van der Waals surface area contributed by atoms with Gasteiger partial charge in [0.15, 0.2) is 0 Å². The van der Waals surface area contributed by atoms with Gasteiger partial charge in [-0.15, -0.1) is 0 Å². The second kappa shape index (κ2) is 8.06. The SMILES string of the molecule is CCCCN1CCC(=C2c3ccc(C#N)cc3CCc3cccnc32)CC1. The van der Waals surface area contributed by atoms with Crippen molar-refractivity contribution in [2.75, 3.05) is 19.6 Å². The molecule has 138 valence electrons. The van der Waals surface area contributed by atoms with E-state index in [4.69, 9.17) is 4.98 Å². The molecule has 0 radical (unpaired) electrons. The summed E-state index contributed by atoms with van der Waals surface area (Å²) in [7, 11) is 0. The van der Waals surface area contributed by atoms with Gasteiger partial charge in [-0.25, -0.2) is 0 Å². The maximum Gasteiger partial charge on any atom is 0.0991 e. The molecule has 1 aliphatic heterocycles. The summed E-state index contributed by atoms with van der Waals surface area (Å²) in [4.78, 5) is 7.41. The standard InChI is InChI=1S/C24H27N3/c1-2-3-13-27-14-10-19(11-15-27)23-22-9-6-18(17-25)16-21(22)8-7-20-5-4-12-26-24(20)23/h4-6,9,12,16H,2-3,7-8,10-11,13-15H2,1H3. The number of piperidine rings is 1. The van der Waals surface area contributed by atoms with Gasteiger partial charge >= 0.3 is 0 Å². The molecule has 0 unspecified atom stereocenters. The average Bonchev–Trinajstić information content (AvgIpc) is 2.89. The largest absolute Gasteiger partial charge is 0.303 e. The van der Waals surface area contributed by atoms with Gasteiger partial charge in [0.25, 0.3) is 0 Å². The molecule has 1 saturated heterocycles. The first-order valence-corrected chi connectivity index (χ1v) is 10.2. The number of pyridine rings is 1. The van der Waals surface area contributed by atoms with Crippen molar-refractivity contribution in [3.8, 4) is 6.07 Å². The molecule has 0 saturated carbocycles. The van der Waals surface area contributed by atoms with Crippen LogP contribution in [0.5, 0.6) is 0 Å². The van der Waals surface area contributed by atoms with Crippen molar-refractivity contribution in [1.82, 2.24) is 9.88 Å². The Morgan fingerprint density at radius 2 is 1.89 bits per heavy atom. The first-order chi connectivity index (χ1) is 13.3. The number of rotatable bonds is 3. The summed E-state index contributed by atoms with van der Waals surface area (Å²) in [5, 5.41) is 9.32. The second-order valence-electron chi connectivity index (χ2n) is 7.67. The summed E-state index contributed by atoms with van der Waals surface area (Å²) in [6.07, 6.45) is 8.67. The maximum absolute atomic E-state index is 9.32. The average molecular weight is 358 g/mol. The molecular weight excluding hydrogens is 330 g/mol. The fourth-order valence-electron chi connectivity index (χ4n) is 4.41. The lowest BCUT2D eigenvalue weighted by Gasteiger charge is -2.30. The first-order valence-electron chi connectivity index (χ1n) is 10.2. The highest BCUT2D eigenvalue weighted by Crippen LogP contribution is 2.37. The smallest absolute Gasteiger partial charge is 0.0991 e. The number of nitrogens with zero attached hydrogens (tertiary/aromatic N) is 3. The second-order valence-corrected chi connectivity index (χ2v) is 7.67. The summed E-state index contributed by atoms with van der Waals surface area (Å²) in [6.45, 7) is 5.77. The predicted octanol–water partition coefficient (Wildman–Crippen LogP) is 4.75. The minimum absolute atomic E-state index is 0.756. The van der Waals surface area contributed by atoms with Gasteiger partial charge in [0, 0.05) is 24.9 Å². The molecule has 4 rings (SSSR count). The van der Waals surface area contributed by atoms with Crippen LogP contribution < -0.4 is 0 Å². The van der Waals surface area contributed by atoms with Gasteiger partial charge in [-0.3, -0.25) is 4.98 Å². The molecule has 3 nitrogen and oxygen atoms in total. The number of aromatic nitrogens is 1. The Morgan fingerprint density at radius 3 is 2.67 bits per heavy atom. The number of aryl methyl sites for hydroxylation is 2. The van der Waals surface area contributed by atoms with Crippen LogP contribution in [0.25, 0.3) is 5.57 Å². The molecule has 0 bridgehead atoms.